The summed E-state index contributed by atoms with van der Waals surface area (Å²) in [6.45, 7) is 0.679. The van der Waals surface area contributed by atoms with Gasteiger partial charge in [0.25, 0.3) is 0 Å². The van der Waals surface area contributed by atoms with E-state index in [1.165, 1.54) is 0 Å². The van der Waals surface area contributed by atoms with Gasteiger partial charge in [0.15, 0.2) is 0 Å². The topological polar surface area (TPSA) is 22.1 Å². The third-order valence-electron chi connectivity index (χ3n) is 2.54. The summed E-state index contributed by atoms with van der Waals surface area (Å²) in [5.74, 6) is 0.863. The fourth-order valence-electron chi connectivity index (χ4n) is 1.86. The lowest BCUT2D eigenvalue weighted by Crippen LogP contribution is -1.88. The minimum Gasteiger partial charge on any atom is -0.492 e. The minimum absolute atomic E-state index is 0.525. The average molecular weight is 240 g/mol. The van der Waals surface area contributed by atoms with Crippen molar-refractivity contribution in [1.82, 2.24) is 4.98 Å². The monoisotopic (exact) mass is 239 g/mol. The number of benzene rings is 1. The molecule has 2 nitrogen and oxygen atoms in total. The number of halogens is 2. The molecule has 2 heterocycles. The Hall–Kier alpha value is -0.990. The highest BCUT2D eigenvalue weighted by molar-refractivity contribution is 6.32. The second-order valence-corrected chi connectivity index (χ2v) is 4.26. The highest BCUT2D eigenvalue weighted by Gasteiger charge is 2.20. The van der Waals surface area contributed by atoms with Crippen LogP contribution in [0.3, 0.4) is 0 Å². The van der Waals surface area contributed by atoms with Crippen molar-refractivity contribution in [3.05, 3.63) is 33.9 Å². The van der Waals surface area contributed by atoms with E-state index in [4.69, 9.17) is 27.9 Å². The zero-order valence-corrected chi connectivity index (χ0v) is 9.27. The highest BCUT2D eigenvalue weighted by Crippen LogP contribution is 2.37. The first kappa shape index (κ1) is 9.25. The Balaban J connectivity index is 2.43. The molecule has 0 atom stereocenters. The molecule has 2 aromatic rings. The number of pyridine rings is 1. The van der Waals surface area contributed by atoms with E-state index in [9.17, 15) is 0 Å². The van der Waals surface area contributed by atoms with Crippen LogP contribution >= 0.6 is 23.2 Å². The molecule has 0 bridgehead atoms. The molecule has 1 aromatic carbocycles. The summed E-state index contributed by atoms with van der Waals surface area (Å²) in [7, 11) is 0. The quantitative estimate of drug-likeness (QED) is 0.657. The Kier molecular flexibility index (Phi) is 2.01. The van der Waals surface area contributed by atoms with Crippen LogP contribution in [0, 0.1) is 0 Å². The molecule has 0 fully saturated rings. The standard InChI is InChI=1S/C11H7Cl2NO/c12-6-1-2-7-9(5-6)14-11(13)8-3-4-15-10(7)8/h1-2,5H,3-4H2. The third-order valence-corrected chi connectivity index (χ3v) is 3.09. The van der Waals surface area contributed by atoms with Crippen molar-refractivity contribution in [3.63, 3.8) is 0 Å². The van der Waals surface area contributed by atoms with Crippen molar-refractivity contribution < 1.29 is 4.74 Å². The smallest absolute Gasteiger partial charge is 0.136 e. The van der Waals surface area contributed by atoms with Crippen LogP contribution in [-0.2, 0) is 6.42 Å². The van der Waals surface area contributed by atoms with Gasteiger partial charge < -0.3 is 4.74 Å². The van der Waals surface area contributed by atoms with Crippen LogP contribution in [0.2, 0.25) is 10.2 Å². The molecule has 0 spiro atoms. The molecule has 4 heteroatoms. The SMILES string of the molecule is Clc1ccc2c3c(c(Cl)nc2c1)CCO3. The lowest BCUT2D eigenvalue weighted by Gasteiger charge is -2.05. The number of rotatable bonds is 0. The van der Waals surface area contributed by atoms with Crippen LogP contribution < -0.4 is 4.74 Å². The minimum atomic E-state index is 0.525. The first-order chi connectivity index (χ1) is 7.25. The van der Waals surface area contributed by atoms with E-state index in [2.05, 4.69) is 4.98 Å². The number of ether oxygens (including phenoxy) is 1. The molecular formula is C11H7Cl2NO. The van der Waals surface area contributed by atoms with Crippen molar-refractivity contribution in [3.8, 4) is 5.75 Å². The highest BCUT2D eigenvalue weighted by atomic mass is 35.5. The van der Waals surface area contributed by atoms with Crippen LogP contribution in [0.5, 0.6) is 5.75 Å². The Morgan fingerprint density at radius 3 is 3.00 bits per heavy atom. The molecule has 0 radical (unpaired) electrons. The zero-order valence-electron chi connectivity index (χ0n) is 7.76. The molecule has 0 N–H and O–H groups in total. The van der Waals surface area contributed by atoms with Crippen molar-refractivity contribution in [2.24, 2.45) is 0 Å². The number of nitrogens with zero attached hydrogens (tertiary/aromatic N) is 1. The third kappa shape index (κ3) is 1.36. The van der Waals surface area contributed by atoms with Gasteiger partial charge in [-0.25, -0.2) is 4.98 Å². The molecule has 0 saturated heterocycles. The van der Waals surface area contributed by atoms with E-state index in [1.807, 2.05) is 12.1 Å². The van der Waals surface area contributed by atoms with E-state index in [1.54, 1.807) is 6.07 Å². The van der Waals surface area contributed by atoms with Crippen LogP contribution in [0.4, 0.5) is 0 Å². The fraction of sp³-hybridized carbons (Fsp3) is 0.182. The van der Waals surface area contributed by atoms with Crippen LogP contribution in [0.25, 0.3) is 10.9 Å². The van der Waals surface area contributed by atoms with Gasteiger partial charge in [0, 0.05) is 22.4 Å². The number of aromatic nitrogens is 1. The van der Waals surface area contributed by atoms with Gasteiger partial charge in [-0.2, -0.15) is 0 Å². The van der Waals surface area contributed by atoms with Gasteiger partial charge in [-0.15, -0.1) is 0 Å². The summed E-state index contributed by atoms with van der Waals surface area (Å²) in [4.78, 5) is 4.31. The van der Waals surface area contributed by atoms with E-state index < -0.39 is 0 Å². The number of fused-ring (bicyclic) bond motifs is 3. The summed E-state index contributed by atoms with van der Waals surface area (Å²) >= 11 is 12.0. The van der Waals surface area contributed by atoms with Crippen LogP contribution in [-0.4, -0.2) is 11.6 Å². The van der Waals surface area contributed by atoms with Crippen molar-refractivity contribution in [1.29, 1.82) is 0 Å². The maximum Gasteiger partial charge on any atom is 0.136 e. The van der Waals surface area contributed by atoms with E-state index in [0.29, 0.717) is 16.8 Å². The first-order valence-electron chi connectivity index (χ1n) is 4.66. The summed E-state index contributed by atoms with van der Waals surface area (Å²) < 4.78 is 5.56. The molecule has 1 aliphatic rings. The van der Waals surface area contributed by atoms with Gasteiger partial charge in [-0.05, 0) is 18.2 Å². The predicted octanol–water partition coefficient (Wildman–Crippen LogP) is 3.48. The second-order valence-electron chi connectivity index (χ2n) is 3.47. The molecule has 0 amide bonds. The number of hydrogen-bond acceptors (Lipinski definition) is 2. The maximum absolute atomic E-state index is 6.07. The predicted molar refractivity (Wildman–Crippen MR) is 61.0 cm³/mol. The van der Waals surface area contributed by atoms with Crippen LogP contribution in [0.15, 0.2) is 18.2 Å². The molecule has 0 saturated carbocycles. The van der Waals surface area contributed by atoms with E-state index in [0.717, 1.165) is 28.6 Å². The molecule has 1 aromatic heterocycles. The van der Waals surface area contributed by atoms with Crippen molar-refractivity contribution >= 4 is 34.1 Å². The van der Waals surface area contributed by atoms with Gasteiger partial charge in [-0.1, -0.05) is 23.2 Å². The maximum atomic E-state index is 6.07. The van der Waals surface area contributed by atoms with E-state index >= 15 is 0 Å². The molecule has 15 heavy (non-hydrogen) atoms. The normalized spacial score (nSPS) is 14.0. The summed E-state index contributed by atoms with van der Waals surface area (Å²) in [5, 5.41) is 2.16. The lowest BCUT2D eigenvalue weighted by atomic mass is 10.1. The molecule has 1 aliphatic heterocycles. The summed E-state index contributed by atoms with van der Waals surface area (Å²) in [6, 6.07) is 5.55. The molecule has 3 rings (SSSR count). The lowest BCUT2D eigenvalue weighted by molar-refractivity contribution is 0.360. The first-order valence-corrected chi connectivity index (χ1v) is 5.42. The van der Waals surface area contributed by atoms with Gasteiger partial charge >= 0.3 is 0 Å². The summed E-state index contributed by atoms with van der Waals surface area (Å²) in [6.07, 6.45) is 0.833. The molecular weight excluding hydrogens is 233 g/mol. The fourth-order valence-corrected chi connectivity index (χ4v) is 2.29. The van der Waals surface area contributed by atoms with E-state index in [-0.39, 0.29) is 0 Å². The largest absolute Gasteiger partial charge is 0.492 e. The van der Waals surface area contributed by atoms with Gasteiger partial charge in [-0.3, -0.25) is 0 Å². The Morgan fingerprint density at radius 2 is 2.13 bits per heavy atom. The zero-order chi connectivity index (χ0) is 10.4. The second kappa shape index (κ2) is 3.26. The molecule has 0 unspecified atom stereocenters. The summed E-state index contributed by atoms with van der Waals surface area (Å²) in [5.41, 5.74) is 1.79. The molecule has 0 aliphatic carbocycles. The van der Waals surface area contributed by atoms with Gasteiger partial charge in [0.1, 0.15) is 10.9 Å². The Labute approximate surface area is 96.8 Å². The van der Waals surface area contributed by atoms with Crippen LogP contribution in [0.1, 0.15) is 5.56 Å². The van der Waals surface area contributed by atoms with Crippen molar-refractivity contribution in [2.75, 3.05) is 6.61 Å². The molecule has 76 valence electrons. The van der Waals surface area contributed by atoms with Gasteiger partial charge in [0.2, 0.25) is 0 Å². The van der Waals surface area contributed by atoms with Gasteiger partial charge in [0.05, 0.1) is 12.1 Å². The van der Waals surface area contributed by atoms with Crippen molar-refractivity contribution in [2.45, 2.75) is 6.42 Å². The Morgan fingerprint density at radius 1 is 1.27 bits per heavy atom. The average Bonchev–Trinajstić information content (AvgIpc) is 2.66. The number of hydrogen-bond donors (Lipinski definition) is 0. The Bertz CT molecular complexity index is 554.